The summed E-state index contributed by atoms with van der Waals surface area (Å²) >= 11 is 6.61. The Bertz CT molecular complexity index is 1140. The van der Waals surface area contributed by atoms with Crippen molar-refractivity contribution in [3.63, 3.8) is 0 Å². The van der Waals surface area contributed by atoms with E-state index in [0.717, 1.165) is 4.47 Å². The number of benzene rings is 3. The molecule has 0 fully saturated rings. The van der Waals surface area contributed by atoms with Crippen LogP contribution >= 0.6 is 38.5 Å². The van der Waals surface area contributed by atoms with E-state index >= 15 is 0 Å². The molecular weight excluding hydrogens is 639 g/mol. The van der Waals surface area contributed by atoms with Crippen molar-refractivity contribution >= 4 is 38.5 Å². The van der Waals surface area contributed by atoms with E-state index in [1.165, 1.54) is 59.2 Å². The summed E-state index contributed by atoms with van der Waals surface area (Å²) in [6, 6.07) is 14.6. The van der Waals surface area contributed by atoms with E-state index in [1.54, 1.807) is 0 Å². The van der Waals surface area contributed by atoms with E-state index in [1.807, 2.05) is 0 Å². The third kappa shape index (κ3) is 6.43. The van der Waals surface area contributed by atoms with Crippen LogP contribution in [0.15, 0.2) is 40.9 Å². The molecule has 0 atom stereocenters. The predicted octanol–water partition coefficient (Wildman–Crippen LogP) is 13.1. The van der Waals surface area contributed by atoms with Gasteiger partial charge in [0.05, 0.1) is 0 Å². The van der Waals surface area contributed by atoms with Gasteiger partial charge >= 0.3 is 0 Å². The Morgan fingerprint density at radius 2 is 0.711 bits per heavy atom. The highest BCUT2D eigenvalue weighted by molar-refractivity contribution is 14.1. The maximum Gasteiger partial charge on any atom is 0.0288 e. The Hall–Kier alpha value is -1.13. The lowest BCUT2D eigenvalue weighted by molar-refractivity contribution is 0.806. The lowest BCUT2D eigenvalue weighted by atomic mass is 9.79. The largest absolute Gasteiger partial charge is 0.0587 e. The smallest absolute Gasteiger partial charge is 0.0288 e. The van der Waals surface area contributed by atoms with Crippen LogP contribution in [0.3, 0.4) is 0 Å². The summed E-state index contributed by atoms with van der Waals surface area (Å²) in [5.41, 5.74) is 14.3. The van der Waals surface area contributed by atoms with Crippen LogP contribution in [0.25, 0.3) is 22.3 Å². The molecule has 0 bridgehead atoms. The van der Waals surface area contributed by atoms with Crippen molar-refractivity contribution in [3.05, 3.63) is 77.8 Å². The van der Waals surface area contributed by atoms with Gasteiger partial charge in [0, 0.05) is 8.04 Å². The number of hydrogen-bond donors (Lipinski definition) is 0. The van der Waals surface area contributed by atoms with Gasteiger partial charge in [-0.25, -0.2) is 0 Å². The Morgan fingerprint density at radius 1 is 0.447 bits per heavy atom. The van der Waals surface area contributed by atoms with E-state index in [9.17, 15) is 0 Å². The van der Waals surface area contributed by atoms with Gasteiger partial charge in [-0.3, -0.25) is 0 Å². The quantitative estimate of drug-likeness (QED) is 0.207. The average Bonchev–Trinajstić information content (AvgIpc) is 2.83. The SMILES string of the molecule is CC(C)c1cc(C(C)C)c(-c2cc(Br)cc(-c3c(C(C)C)cc(C(C)C)cc3C(C)C)c2I)c(C(C)C)c1. The maximum atomic E-state index is 3.96. The molecule has 0 saturated heterocycles. The van der Waals surface area contributed by atoms with Crippen molar-refractivity contribution in [2.45, 2.75) is 119 Å². The summed E-state index contributed by atoms with van der Waals surface area (Å²) in [6.45, 7) is 28.0. The molecule has 0 radical (unpaired) electrons. The van der Waals surface area contributed by atoms with Crippen LogP contribution in [0.2, 0.25) is 0 Å². The van der Waals surface area contributed by atoms with Crippen LogP contribution in [0.4, 0.5) is 0 Å². The Morgan fingerprint density at radius 3 is 0.921 bits per heavy atom. The third-order valence-electron chi connectivity index (χ3n) is 7.84. The Balaban J connectivity index is 2.50. The molecule has 3 rings (SSSR count). The zero-order valence-electron chi connectivity index (χ0n) is 25.7. The van der Waals surface area contributed by atoms with E-state index < -0.39 is 0 Å². The number of rotatable bonds is 8. The van der Waals surface area contributed by atoms with Crippen LogP contribution in [-0.2, 0) is 0 Å². The van der Waals surface area contributed by atoms with Gasteiger partial charge < -0.3 is 0 Å². The minimum Gasteiger partial charge on any atom is -0.0587 e. The van der Waals surface area contributed by atoms with Crippen LogP contribution in [0.5, 0.6) is 0 Å². The Labute approximate surface area is 255 Å². The van der Waals surface area contributed by atoms with Gasteiger partial charge in [-0.2, -0.15) is 0 Å². The molecule has 0 heterocycles. The first-order valence-corrected chi connectivity index (χ1v) is 16.4. The fraction of sp³-hybridized carbons (Fsp3) is 0.500. The fourth-order valence-corrected chi connectivity index (χ4v) is 6.80. The summed E-state index contributed by atoms with van der Waals surface area (Å²) < 4.78 is 2.51. The molecule has 0 amide bonds. The van der Waals surface area contributed by atoms with Gasteiger partial charge in [-0.15, -0.1) is 0 Å². The van der Waals surface area contributed by atoms with E-state index in [2.05, 4.69) is 158 Å². The van der Waals surface area contributed by atoms with Crippen molar-refractivity contribution in [1.29, 1.82) is 0 Å². The molecule has 0 nitrogen and oxygen atoms in total. The first-order chi connectivity index (χ1) is 17.6. The molecular formula is C36H48BrI. The van der Waals surface area contributed by atoms with Crippen LogP contribution in [-0.4, -0.2) is 0 Å². The molecule has 0 unspecified atom stereocenters. The second-order valence-corrected chi connectivity index (χ2v) is 14.9. The van der Waals surface area contributed by atoms with Gasteiger partial charge in [0.15, 0.2) is 0 Å². The van der Waals surface area contributed by atoms with E-state index in [0.29, 0.717) is 35.5 Å². The van der Waals surface area contributed by atoms with Gasteiger partial charge in [-0.1, -0.05) is 123 Å². The summed E-state index contributed by atoms with van der Waals surface area (Å²) in [7, 11) is 0. The van der Waals surface area contributed by atoms with Gasteiger partial charge in [0.2, 0.25) is 0 Å². The predicted molar refractivity (Wildman–Crippen MR) is 182 cm³/mol. The number of halogens is 2. The van der Waals surface area contributed by atoms with Gasteiger partial charge in [-0.05, 0) is 126 Å². The zero-order chi connectivity index (χ0) is 28.6. The standard InChI is InChI=1S/C36H48BrI/c1-19(2)25-13-28(21(5)6)34(29(14-25)22(7)8)32-17-27(37)18-33(36(32)38)35-30(23(9)10)15-26(20(3)4)16-31(35)24(11)12/h13-24H,1-12H3. The topological polar surface area (TPSA) is 0 Å². The molecule has 38 heavy (non-hydrogen) atoms. The Kier molecular flexibility index (Phi) is 10.4. The first-order valence-electron chi connectivity index (χ1n) is 14.5. The highest BCUT2D eigenvalue weighted by atomic mass is 127. The molecule has 2 heteroatoms. The lowest BCUT2D eigenvalue weighted by Crippen LogP contribution is -2.07. The maximum absolute atomic E-state index is 3.96. The van der Waals surface area contributed by atoms with Crippen LogP contribution < -0.4 is 0 Å². The molecule has 0 N–H and O–H groups in total. The van der Waals surface area contributed by atoms with Crippen LogP contribution in [0, 0.1) is 3.57 Å². The van der Waals surface area contributed by atoms with Gasteiger partial charge in [0.25, 0.3) is 0 Å². The first kappa shape index (κ1) is 31.4. The molecule has 0 spiro atoms. The summed E-state index contributed by atoms with van der Waals surface area (Å²) in [5, 5.41) is 0. The highest BCUT2D eigenvalue weighted by Crippen LogP contribution is 2.47. The molecule has 3 aromatic carbocycles. The van der Waals surface area contributed by atoms with Crippen molar-refractivity contribution < 1.29 is 0 Å². The second-order valence-electron chi connectivity index (χ2n) is 12.9. The van der Waals surface area contributed by atoms with Crippen LogP contribution in [0.1, 0.15) is 152 Å². The molecule has 206 valence electrons. The molecule has 3 aromatic rings. The molecule has 0 aromatic heterocycles. The van der Waals surface area contributed by atoms with E-state index in [4.69, 9.17) is 0 Å². The van der Waals surface area contributed by atoms with Crippen molar-refractivity contribution in [2.24, 2.45) is 0 Å². The number of hydrogen-bond acceptors (Lipinski definition) is 0. The monoisotopic (exact) mass is 686 g/mol. The lowest BCUT2D eigenvalue weighted by Gasteiger charge is -2.27. The fourth-order valence-electron chi connectivity index (χ4n) is 5.49. The summed E-state index contributed by atoms with van der Waals surface area (Å²) in [5.74, 6) is 2.81. The molecule has 0 aliphatic carbocycles. The molecule has 0 saturated carbocycles. The molecule has 0 aliphatic heterocycles. The minimum absolute atomic E-state index is 0.446. The zero-order valence-corrected chi connectivity index (χ0v) is 29.4. The summed E-state index contributed by atoms with van der Waals surface area (Å²) in [6.07, 6.45) is 0. The van der Waals surface area contributed by atoms with Gasteiger partial charge in [0.1, 0.15) is 0 Å². The van der Waals surface area contributed by atoms with E-state index in [-0.39, 0.29) is 0 Å². The summed E-state index contributed by atoms with van der Waals surface area (Å²) in [4.78, 5) is 0. The van der Waals surface area contributed by atoms with Crippen molar-refractivity contribution in [3.8, 4) is 22.3 Å². The highest BCUT2D eigenvalue weighted by Gasteiger charge is 2.25. The second kappa shape index (κ2) is 12.6. The normalized spacial score (nSPS) is 12.3. The van der Waals surface area contributed by atoms with Crippen molar-refractivity contribution in [2.75, 3.05) is 0 Å². The molecule has 0 aliphatic rings. The van der Waals surface area contributed by atoms with Crippen molar-refractivity contribution in [1.82, 2.24) is 0 Å². The third-order valence-corrected chi connectivity index (χ3v) is 9.46. The average molecular weight is 688 g/mol. The minimum atomic E-state index is 0.446.